The van der Waals surface area contributed by atoms with E-state index in [0.717, 1.165) is 25.1 Å². The van der Waals surface area contributed by atoms with Gasteiger partial charge in [0.2, 0.25) is 11.7 Å². The summed E-state index contributed by atoms with van der Waals surface area (Å²) >= 11 is 1.24. The standard InChI is InChI=1S/C22H28N4O3S/c1-4-5-15-7-6-14(13-24-15)20(28)16-8-9-17-22(21(16)29)30-19(25-17)12-18(27)23-10-11-26(2)3/h6-7,13,28H,4-5,8-12H2,1-3H3,(H,23,27). The Morgan fingerprint density at radius 2 is 2.10 bits per heavy atom. The number of aliphatic hydroxyl groups excluding tert-OH is 1. The average molecular weight is 429 g/mol. The van der Waals surface area contributed by atoms with E-state index in [2.05, 4.69) is 22.2 Å². The summed E-state index contributed by atoms with van der Waals surface area (Å²) in [5, 5.41) is 14.2. The third-order valence-electron chi connectivity index (χ3n) is 4.92. The number of pyridine rings is 1. The van der Waals surface area contributed by atoms with Gasteiger partial charge in [-0.15, -0.1) is 11.3 Å². The minimum Gasteiger partial charge on any atom is -0.507 e. The topological polar surface area (TPSA) is 95.4 Å². The second-order valence-corrected chi connectivity index (χ2v) is 8.74. The van der Waals surface area contributed by atoms with Crippen LogP contribution in [0.25, 0.3) is 5.76 Å². The Hall–Kier alpha value is -2.58. The number of aliphatic hydroxyl groups is 1. The molecule has 1 aliphatic rings. The van der Waals surface area contributed by atoms with Crippen LogP contribution >= 0.6 is 11.3 Å². The molecule has 2 aromatic heterocycles. The molecule has 0 saturated heterocycles. The Bertz CT molecular complexity index is 948. The molecule has 1 amide bonds. The first-order valence-corrected chi connectivity index (χ1v) is 11.0. The summed E-state index contributed by atoms with van der Waals surface area (Å²) in [6.07, 6.45) is 4.65. The summed E-state index contributed by atoms with van der Waals surface area (Å²) in [6.45, 7) is 3.42. The molecule has 0 unspecified atom stereocenters. The van der Waals surface area contributed by atoms with Crippen molar-refractivity contribution in [3.05, 3.63) is 50.7 Å². The van der Waals surface area contributed by atoms with Crippen molar-refractivity contribution in [2.24, 2.45) is 0 Å². The average Bonchev–Trinajstić information content (AvgIpc) is 3.12. The minimum absolute atomic E-state index is 0.0161. The van der Waals surface area contributed by atoms with Gasteiger partial charge in [-0.25, -0.2) is 4.98 Å². The van der Waals surface area contributed by atoms with Gasteiger partial charge in [0.05, 0.1) is 17.0 Å². The summed E-state index contributed by atoms with van der Waals surface area (Å²) in [4.78, 5) is 36.5. The van der Waals surface area contributed by atoms with Crippen LogP contribution in [0.1, 0.15) is 51.4 Å². The van der Waals surface area contributed by atoms with Gasteiger partial charge in [0, 0.05) is 36.1 Å². The van der Waals surface area contributed by atoms with E-state index in [1.165, 1.54) is 11.3 Å². The highest BCUT2D eigenvalue weighted by Crippen LogP contribution is 2.33. The second kappa shape index (κ2) is 9.95. The van der Waals surface area contributed by atoms with Gasteiger partial charge in [0.25, 0.3) is 0 Å². The number of hydrogen-bond donors (Lipinski definition) is 2. The van der Waals surface area contributed by atoms with Crippen LogP contribution < -0.4 is 5.32 Å². The molecule has 2 aromatic rings. The lowest BCUT2D eigenvalue weighted by Crippen LogP contribution is -2.32. The molecule has 0 spiro atoms. The van der Waals surface area contributed by atoms with Crippen molar-refractivity contribution in [2.45, 2.75) is 39.0 Å². The van der Waals surface area contributed by atoms with E-state index in [1.807, 2.05) is 25.1 Å². The van der Waals surface area contributed by atoms with Gasteiger partial charge >= 0.3 is 0 Å². The molecule has 0 bridgehead atoms. The summed E-state index contributed by atoms with van der Waals surface area (Å²) < 4.78 is 0. The molecule has 0 radical (unpaired) electrons. The Morgan fingerprint density at radius 1 is 1.30 bits per heavy atom. The predicted octanol–water partition coefficient (Wildman–Crippen LogP) is 2.81. The minimum atomic E-state index is -0.205. The SMILES string of the molecule is CCCc1ccc(C(O)=C2CCc3nc(CC(=O)NCCN(C)C)sc3C2=O)cn1. The van der Waals surface area contributed by atoms with E-state index in [9.17, 15) is 14.7 Å². The van der Waals surface area contributed by atoms with E-state index in [1.54, 1.807) is 12.3 Å². The lowest BCUT2D eigenvalue weighted by Gasteiger charge is -2.14. The molecule has 0 fully saturated rings. The number of fused-ring (bicyclic) bond motifs is 1. The van der Waals surface area contributed by atoms with Gasteiger partial charge in [0.15, 0.2) is 0 Å². The first-order valence-electron chi connectivity index (χ1n) is 10.2. The van der Waals surface area contributed by atoms with Crippen molar-refractivity contribution >= 4 is 28.8 Å². The van der Waals surface area contributed by atoms with Crippen LogP contribution in [0.5, 0.6) is 0 Å². The van der Waals surface area contributed by atoms with E-state index >= 15 is 0 Å². The van der Waals surface area contributed by atoms with Gasteiger partial charge in [0.1, 0.15) is 10.8 Å². The predicted molar refractivity (Wildman–Crippen MR) is 118 cm³/mol. The molecule has 0 atom stereocenters. The van der Waals surface area contributed by atoms with Crippen molar-refractivity contribution in [3.63, 3.8) is 0 Å². The number of likely N-dealkylation sites (N-methyl/N-ethyl adjacent to an activating group) is 1. The van der Waals surface area contributed by atoms with Crippen LogP contribution in [0.2, 0.25) is 0 Å². The summed E-state index contributed by atoms with van der Waals surface area (Å²) in [7, 11) is 3.89. The zero-order valence-electron chi connectivity index (χ0n) is 17.7. The molecule has 0 aliphatic heterocycles. The fourth-order valence-electron chi connectivity index (χ4n) is 3.30. The molecule has 30 heavy (non-hydrogen) atoms. The molecule has 0 saturated carbocycles. The number of allylic oxidation sites excluding steroid dienone is 1. The quantitative estimate of drug-likeness (QED) is 0.496. The van der Waals surface area contributed by atoms with Crippen molar-refractivity contribution in [1.29, 1.82) is 0 Å². The number of ketones is 1. The summed E-state index contributed by atoms with van der Waals surface area (Å²) in [5.74, 6) is -0.326. The molecule has 8 heteroatoms. The van der Waals surface area contributed by atoms with E-state index in [0.29, 0.717) is 46.1 Å². The molecular formula is C22H28N4O3S. The monoisotopic (exact) mass is 428 g/mol. The highest BCUT2D eigenvalue weighted by molar-refractivity contribution is 7.14. The largest absolute Gasteiger partial charge is 0.507 e. The van der Waals surface area contributed by atoms with Crippen molar-refractivity contribution in [2.75, 3.05) is 27.2 Å². The van der Waals surface area contributed by atoms with Crippen LogP contribution in [0.3, 0.4) is 0 Å². The number of hydrogen-bond acceptors (Lipinski definition) is 7. The highest BCUT2D eigenvalue weighted by atomic mass is 32.1. The van der Waals surface area contributed by atoms with Crippen LogP contribution in [0, 0.1) is 0 Å². The second-order valence-electron chi connectivity index (χ2n) is 7.66. The molecule has 2 heterocycles. The molecule has 160 valence electrons. The third-order valence-corrected chi connectivity index (χ3v) is 6.01. The number of nitrogens with one attached hydrogen (secondary N) is 1. The van der Waals surface area contributed by atoms with E-state index in [4.69, 9.17) is 0 Å². The first-order chi connectivity index (χ1) is 14.4. The van der Waals surface area contributed by atoms with Crippen LogP contribution in [0.15, 0.2) is 23.9 Å². The highest BCUT2D eigenvalue weighted by Gasteiger charge is 2.29. The lowest BCUT2D eigenvalue weighted by atomic mass is 9.93. The normalized spacial score (nSPS) is 15.3. The first kappa shape index (κ1) is 22.1. The van der Waals surface area contributed by atoms with Gasteiger partial charge in [-0.05, 0) is 45.5 Å². The van der Waals surface area contributed by atoms with Gasteiger partial charge < -0.3 is 15.3 Å². The number of thiazole rings is 1. The van der Waals surface area contributed by atoms with Gasteiger partial charge in [-0.3, -0.25) is 14.6 Å². The summed E-state index contributed by atoms with van der Waals surface area (Å²) in [6, 6.07) is 3.69. The molecule has 2 N–H and O–H groups in total. The number of aryl methyl sites for hydroxylation is 2. The van der Waals surface area contributed by atoms with E-state index < -0.39 is 0 Å². The van der Waals surface area contributed by atoms with Crippen LogP contribution in [-0.4, -0.2) is 58.8 Å². The number of Topliss-reactive ketones (excluding diaryl/α,β-unsaturated/α-hetero) is 1. The van der Waals surface area contributed by atoms with Crippen LogP contribution in [0.4, 0.5) is 0 Å². The zero-order valence-corrected chi connectivity index (χ0v) is 18.5. The molecule has 0 aromatic carbocycles. The van der Waals surface area contributed by atoms with Crippen molar-refractivity contribution < 1.29 is 14.7 Å². The zero-order chi connectivity index (χ0) is 21.7. The lowest BCUT2D eigenvalue weighted by molar-refractivity contribution is -0.120. The maximum atomic E-state index is 13.0. The number of amides is 1. The van der Waals surface area contributed by atoms with Crippen LogP contribution in [-0.2, 0) is 24.1 Å². The van der Waals surface area contributed by atoms with Gasteiger partial charge in [-0.1, -0.05) is 13.3 Å². The molecule has 1 aliphatic carbocycles. The number of rotatable bonds is 8. The number of carbonyl (C=O) groups excluding carboxylic acids is 2. The number of carbonyl (C=O) groups is 2. The molecule has 7 nitrogen and oxygen atoms in total. The Balaban J connectivity index is 1.72. The fourth-order valence-corrected chi connectivity index (χ4v) is 4.38. The Kier molecular flexibility index (Phi) is 7.33. The maximum Gasteiger partial charge on any atom is 0.226 e. The Labute approximate surface area is 180 Å². The molecular weight excluding hydrogens is 400 g/mol. The number of aromatic nitrogens is 2. The van der Waals surface area contributed by atoms with Crippen molar-refractivity contribution in [3.8, 4) is 0 Å². The van der Waals surface area contributed by atoms with E-state index in [-0.39, 0.29) is 23.9 Å². The molecule has 3 rings (SSSR count). The third kappa shape index (κ3) is 5.31. The smallest absolute Gasteiger partial charge is 0.226 e. The Morgan fingerprint density at radius 3 is 2.77 bits per heavy atom. The van der Waals surface area contributed by atoms with Gasteiger partial charge in [-0.2, -0.15) is 0 Å². The summed E-state index contributed by atoms with van der Waals surface area (Å²) in [5.41, 5.74) is 2.62. The fraction of sp³-hybridized carbons (Fsp3) is 0.455. The number of nitrogens with zero attached hydrogens (tertiary/aromatic N) is 3. The maximum absolute atomic E-state index is 13.0. The van der Waals surface area contributed by atoms with Crippen molar-refractivity contribution in [1.82, 2.24) is 20.2 Å².